The van der Waals surface area contributed by atoms with Gasteiger partial charge in [-0.15, -0.1) is 0 Å². The van der Waals surface area contributed by atoms with Crippen molar-refractivity contribution in [3.8, 4) is 22.3 Å². The van der Waals surface area contributed by atoms with Gasteiger partial charge in [-0.05, 0) is 116 Å². The molecule has 0 radical (unpaired) electrons. The highest BCUT2D eigenvalue weighted by molar-refractivity contribution is 6.01. The largest absolute Gasteiger partial charge is 0.379 e. The van der Waals surface area contributed by atoms with Crippen LogP contribution < -0.4 is 21.3 Å². The molecule has 4 aliphatic heterocycles. The van der Waals surface area contributed by atoms with E-state index in [2.05, 4.69) is 78.2 Å². The third-order valence-electron chi connectivity index (χ3n) is 11.7. The average Bonchev–Trinajstić information content (AvgIpc) is 4.05. The van der Waals surface area contributed by atoms with Crippen LogP contribution in [0.2, 0.25) is 0 Å². The second-order valence-corrected chi connectivity index (χ2v) is 16.1. The van der Waals surface area contributed by atoms with Crippen molar-refractivity contribution >= 4 is 40.1 Å². The predicted octanol–water partition coefficient (Wildman–Crippen LogP) is 5.43. The quantitative estimate of drug-likeness (QED) is 0.158. The number of benzene rings is 2. The molecule has 0 spiro atoms. The van der Waals surface area contributed by atoms with Crippen molar-refractivity contribution in [2.75, 3.05) is 50.9 Å². The van der Waals surface area contributed by atoms with Gasteiger partial charge in [0, 0.05) is 49.1 Å². The SMILES string of the molecule is Cc1noc(C)c1-c1ccc(NC2CCN(C)C2)c(NC(=O)[C@@H]2CCC(=O)N2)c1.Cc1noc(C)c1-c1ccc2c(c1)nc([C@@H]1CCC(=O)N1)n2C1CCN(C)C1. The van der Waals surface area contributed by atoms with Gasteiger partial charge in [-0.1, -0.05) is 22.4 Å². The molecular weight excluding hydrogens is 725 g/mol. The van der Waals surface area contributed by atoms with Crippen LogP contribution in [0, 0.1) is 27.7 Å². The molecule has 0 bridgehead atoms. The second kappa shape index (κ2) is 15.8. The fourth-order valence-corrected chi connectivity index (χ4v) is 8.86. The molecule has 4 atom stereocenters. The first-order valence-electron chi connectivity index (χ1n) is 20.0. The van der Waals surface area contributed by atoms with Gasteiger partial charge in [0.1, 0.15) is 23.4 Å². The number of amides is 3. The highest BCUT2D eigenvalue weighted by Crippen LogP contribution is 2.37. The van der Waals surface area contributed by atoms with Crippen LogP contribution in [0.25, 0.3) is 33.3 Å². The number of hydrogen-bond acceptors (Lipinski definition) is 11. The fraction of sp³-hybridized carbons (Fsp3) is 0.476. The Bertz CT molecular complexity index is 2290. The molecule has 2 aromatic carbocycles. The van der Waals surface area contributed by atoms with E-state index >= 15 is 0 Å². The number of likely N-dealkylation sites (tertiary alicyclic amines) is 2. The molecule has 3 aromatic heterocycles. The number of likely N-dealkylation sites (N-methyl/N-ethyl adjacent to an activating group) is 2. The number of nitrogens with one attached hydrogen (secondary N) is 4. The van der Waals surface area contributed by atoms with E-state index in [1.54, 1.807) is 0 Å². The summed E-state index contributed by atoms with van der Waals surface area (Å²) in [5.74, 6) is 2.37. The predicted molar refractivity (Wildman–Crippen MR) is 217 cm³/mol. The lowest BCUT2D eigenvalue weighted by Gasteiger charge is -2.20. The molecular formula is C42H52N10O5. The van der Waals surface area contributed by atoms with Crippen molar-refractivity contribution < 1.29 is 23.4 Å². The van der Waals surface area contributed by atoms with E-state index < -0.39 is 6.04 Å². The Hall–Kier alpha value is -5.54. The molecule has 4 saturated heterocycles. The van der Waals surface area contributed by atoms with Crippen LogP contribution in [0.1, 0.15) is 79.3 Å². The summed E-state index contributed by atoms with van der Waals surface area (Å²) in [4.78, 5) is 45.7. The van der Waals surface area contributed by atoms with E-state index in [4.69, 9.17) is 14.0 Å². The van der Waals surface area contributed by atoms with Gasteiger partial charge in [-0.25, -0.2) is 4.98 Å². The maximum absolute atomic E-state index is 12.7. The zero-order chi connectivity index (χ0) is 40.0. The summed E-state index contributed by atoms with van der Waals surface area (Å²) in [5, 5.41) is 20.5. The molecule has 9 rings (SSSR count). The molecule has 2 unspecified atom stereocenters. The van der Waals surface area contributed by atoms with Gasteiger partial charge in [-0.2, -0.15) is 0 Å². The molecule has 300 valence electrons. The highest BCUT2D eigenvalue weighted by atomic mass is 16.5. The number of hydrogen-bond donors (Lipinski definition) is 4. The number of rotatable bonds is 8. The van der Waals surface area contributed by atoms with E-state index in [1.165, 1.54) is 0 Å². The second-order valence-electron chi connectivity index (χ2n) is 16.1. The number of fused-ring (bicyclic) bond motifs is 1. The van der Waals surface area contributed by atoms with Crippen LogP contribution in [0.15, 0.2) is 45.4 Å². The smallest absolute Gasteiger partial charge is 0.247 e. The summed E-state index contributed by atoms with van der Waals surface area (Å²) in [6.45, 7) is 11.8. The van der Waals surface area contributed by atoms with Crippen LogP contribution in [0.4, 0.5) is 11.4 Å². The Morgan fingerprint density at radius 1 is 0.772 bits per heavy atom. The number of carbonyl (C=O) groups is 3. The van der Waals surface area contributed by atoms with Crippen LogP contribution in [-0.2, 0) is 14.4 Å². The Morgan fingerprint density at radius 2 is 1.42 bits per heavy atom. The lowest BCUT2D eigenvalue weighted by Crippen LogP contribution is -2.37. The molecule has 7 heterocycles. The third-order valence-corrected chi connectivity index (χ3v) is 11.7. The monoisotopic (exact) mass is 776 g/mol. The molecule has 4 aliphatic rings. The minimum Gasteiger partial charge on any atom is -0.379 e. The van der Waals surface area contributed by atoms with Gasteiger partial charge in [-0.3, -0.25) is 14.4 Å². The van der Waals surface area contributed by atoms with Crippen LogP contribution in [-0.4, -0.2) is 99.7 Å². The maximum Gasteiger partial charge on any atom is 0.247 e. The number of nitrogens with zero attached hydrogens (tertiary/aromatic N) is 6. The highest BCUT2D eigenvalue weighted by Gasteiger charge is 2.33. The van der Waals surface area contributed by atoms with Crippen molar-refractivity contribution in [1.82, 2.24) is 40.3 Å². The number of carbonyl (C=O) groups excluding carboxylic acids is 3. The Morgan fingerprint density at radius 3 is 2.00 bits per heavy atom. The number of aryl methyl sites for hydroxylation is 4. The Balaban J connectivity index is 0.000000160. The van der Waals surface area contributed by atoms with Gasteiger partial charge in [0.2, 0.25) is 17.7 Å². The van der Waals surface area contributed by atoms with Crippen LogP contribution in [0.5, 0.6) is 0 Å². The lowest BCUT2D eigenvalue weighted by molar-refractivity contribution is -0.122. The van der Waals surface area contributed by atoms with Gasteiger partial charge >= 0.3 is 0 Å². The zero-order valence-corrected chi connectivity index (χ0v) is 33.6. The first-order chi connectivity index (χ1) is 27.4. The van der Waals surface area contributed by atoms with Crippen molar-refractivity contribution in [1.29, 1.82) is 0 Å². The van der Waals surface area contributed by atoms with E-state index in [1.807, 2.05) is 45.9 Å². The summed E-state index contributed by atoms with van der Waals surface area (Å²) in [5.41, 5.74) is 9.32. The van der Waals surface area contributed by atoms with Gasteiger partial charge < -0.3 is 44.7 Å². The van der Waals surface area contributed by atoms with E-state index in [-0.39, 0.29) is 23.8 Å². The van der Waals surface area contributed by atoms with Crippen molar-refractivity contribution in [2.45, 2.75) is 90.4 Å². The molecule has 15 nitrogen and oxygen atoms in total. The minimum atomic E-state index is -0.490. The number of imidazole rings is 1. The molecule has 4 N–H and O–H groups in total. The Kier molecular flexibility index (Phi) is 10.6. The minimum absolute atomic E-state index is 0.00618. The fourth-order valence-electron chi connectivity index (χ4n) is 8.86. The molecule has 57 heavy (non-hydrogen) atoms. The number of anilines is 2. The van der Waals surface area contributed by atoms with E-state index in [0.717, 1.165) is 113 Å². The summed E-state index contributed by atoms with van der Waals surface area (Å²) < 4.78 is 13.0. The summed E-state index contributed by atoms with van der Waals surface area (Å²) in [7, 11) is 4.26. The van der Waals surface area contributed by atoms with E-state index in [0.29, 0.717) is 37.0 Å². The van der Waals surface area contributed by atoms with Crippen molar-refractivity contribution in [2.24, 2.45) is 0 Å². The lowest BCUT2D eigenvalue weighted by atomic mass is 10.0. The molecule has 4 fully saturated rings. The van der Waals surface area contributed by atoms with Crippen molar-refractivity contribution in [3.05, 3.63) is 65.1 Å². The Labute approximate surface area is 331 Å². The molecule has 0 saturated carbocycles. The summed E-state index contributed by atoms with van der Waals surface area (Å²) in [6.07, 6.45) is 4.43. The topological polar surface area (TPSA) is 176 Å². The first-order valence-corrected chi connectivity index (χ1v) is 20.0. The summed E-state index contributed by atoms with van der Waals surface area (Å²) >= 11 is 0. The third kappa shape index (κ3) is 7.90. The maximum atomic E-state index is 12.7. The first kappa shape index (κ1) is 38.3. The summed E-state index contributed by atoms with van der Waals surface area (Å²) in [6, 6.07) is 12.6. The van der Waals surface area contributed by atoms with Gasteiger partial charge in [0.05, 0.1) is 39.8 Å². The standard InChI is InChI=1S/C21H27N5O3.C21H25N5O2/c1-12-20(13(2)29-25-12)14-4-5-16(22-15-8-9-26(3)11-15)18(10-14)24-21(28)17-6-7-19(27)23-17;1-12-20(13(2)28-24-12)14-4-6-18-17(10-14)23-21(16-5-7-19(27)22-16)26(18)15-8-9-25(3)11-15/h4-5,10,15,17,22H,6-9,11H2,1-3H3,(H,23,27)(H,24,28);4,6,10,15-16H,5,7-9,11H2,1-3H3,(H,22,27)/t15?,17-;15?,16-/m00/s1. The van der Waals surface area contributed by atoms with Crippen LogP contribution in [0.3, 0.4) is 0 Å². The van der Waals surface area contributed by atoms with Gasteiger partial charge in [0.15, 0.2) is 0 Å². The molecule has 15 heteroatoms. The number of aromatic nitrogens is 4. The van der Waals surface area contributed by atoms with Crippen LogP contribution >= 0.6 is 0 Å². The zero-order valence-electron chi connectivity index (χ0n) is 33.6. The molecule has 3 amide bonds. The average molecular weight is 777 g/mol. The van der Waals surface area contributed by atoms with Crippen molar-refractivity contribution in [3.63, 3.8) is 0 Å². The normalized spacial score (nSPS) is 22.5. The van der Waals surface area contributed by atoms with E-state index in [9.17, 15) is 14.4 Å². The molecule has 0 aliphatic carbocycles. The van der Waals surface area contributed by atoms with Gasteiger partial charge in [0.25, 0.3) is 0 Å². The molecule has 5 aromatic rings.